The Bertz CT molecular complexity index is 731. The second-order valence-electron chi connectivity index (χ2n) is 15.4. The van der Waals surface area contributed by atoms with Gasteiger partial charge in [0, 0.05) is 0 Å². The van der Waals surface area contributed by atoms with E-state index in [1.54, 1.807) is 0 Å². The average molecular weight is 429 g/mol. The first kappa shape index (κ1) is 22.7. The molecule has 0 amide bonds. The molecular formula is C30H52O. The summed E-state index contributed by atoms with van der Waals surface area (Å²) in [6.45, 7) is 20.3. The Balaban J connectivity index is 1.52. The molecule has 9 atom stereocenters. The smallest absolute Gasteiger partial charge is 0.0622 e. The Morgan fingerprint density at radius 3 is 1.81 bits per heavy atom. The largest absolute Gasteiger partial charge is 0.390 e. The number of hydrogen-bond donors (Lipinski definition) is 1. The van der Waals surface area contributed by atoms with E-state index in [1.165, 1.54) is 70.6 Å². The summed E-state index contributed by atoms with van der Waals surface area (Å²) in [5.41, 5.74) is 1.97. The van der Waals surface area contributed by atoms with Gasteiger partial charge in [0.15, 0.2) is 0 Å². The lowest BCUT2D eigenvalue weighted by Crippen LogP contribution is -2.66. The molecule has 0 aromatic heterocycles. The van der Waals surface area contributed by atoms with Crippen LogP contribution in [0.15, 0.2) is 0 Å². The molecule has 0 unspecified atom stereocenters. The van der Waals surface area contributed by atoms with E-state index in [-0.39, 0.29) is 0 Å². The first-order valence-electron chi connectivity index (χ1n) is 13.9. The van der Waals surface area contributed by atoms with Crippen LogP contribution in [0.4, 0.5) is 0 Å². The maximum atomic E-state index is 11.0. The van der Waals surface area contributed by atoms with E-state index in [0.717, 1.165) is 23.7 Å². The lowest BCUT2D eigenvalue weighted by atomic mass is 9.32. The highest BCUT2D eigenvalue weighted by atomic mass is 16.3. The van der Waals surface area contributed by atoms with Crippen molar-refractivity contribution in [2.75, 3.05) is 0 Å². The van der Waals surface area contributed by atoms with Gasteiger partial charge in [0.25, 0.3) is 0 Å². The molecule has 1 heteroatoms. The summed E-state index contributed by atoms with van der Waals surface area (Å²) in [5, 5.41) is 11.0. The van der Waals surface area contributed by atoms with Crippen molar-refractivity contribution in [1.82, 2.24) is 0 Å². The number of hydrogen-bond acceptors (Lipinski definition) is 1. The molecule has 0 aromatic carbocycles. The molecule has 0 radical (unpaired) electrons. The van der Waals surface area contributed by atoms with Gasteiger partial charge in [-0.2, -0.15) is 0 Å². The Morgan fingerprint density at radius 2 is 1.19 bits per heavy atom. The normalized spacial score (nSPS) is 56.2. The van der Waals surface area contributed by atoms with E-state index in [4.69, 9.17) is 0 Å². The summed E-state index contributed by atoms with van der Waals surface area (Å²) in [6.07, 6.45) is 15.5. The molecule has 178 valence electrons. The molecule has 0 saturated heterocycles. The van der Waals surface area contributed by atoms with E-state index in [1.807, 2.05) is 0 Å². The van der Waals surface area contributed by atoms with Crippen LogP contribution in [0.25, 0.3) is 0 Å². The highest BCUT2D eigenvalue weighted by Crippen LogP contribution is 2.78. The highest BCUT2D eigenvalue weighted by Gasteiger charge is 2.70. The fraction of sp³-hybridized carbons (Fsp3) is 1.00. The maximum Gasteiger partial charge on any atom is 0.0622 e. The lowest BCUT2D eigenvalue weighted by molar-refractivity contribution is -0.243. The molecule has 31 heavy (non-hydrogen) atoms. The van der Waals surface area contributed by atoms with E-state index in [2.05, 4.69) is 55.4 Å². The predicted octanol–water partition coefficient (Wildman–Crippen LogP) is 8.25. The van der Waals surface area contributed by atoms with E-state index < -0.39 is 5.60 Å². The van der Waals surface area contributed by atoms with E-state index in [9.17, 15) is 5.11 Å². The van der Waals surface area contributed by atoms with Gasteiger partial charge in [0.1, 0.15) is 0 Å². The third-order valence-corrected chi connectivity index (χ3v) is 13.6. The fourth-order valence-corrected chi connectivity index (χ4v) is 12.1. The van der Waals surface area contributed by atoms with Gasteiger partial charge in [-0.15, -0.1) is 0 Å². The quantitative estimate of drug-likeness (QED) is 0.445. The third kappa shape index (κ3) is 2.77. The van der Waals surface area contributed by atoms with Crippen LogP contribution in [0, 0.1) is 56.7 Å². The summed E-state index contributed by atoms with van der Waals surface area (Å²) in [5.74, 6) is 3.91. The fourth-order valence-electron chi connectivity index (χ4n) is 12.1. The molecule has 0 aliphatic heterocycles. The lowest BCUT2D eigenvalue weighted by Gasteiger charge is -2.73. The zero-order valence-electron chi connectivity index (χ0n) is 22.1. The minimum absolute atomic E-state index is 0.440. The van der Waals surface area contributed by atoms with Gasteiger partial charge in [0.05, 0.1) is 5.60 Å². The minimum Gasteiger partial charge on any atom is -0.390 e. The zero-order valence-corrected chi connectivity index (χ0v) is 22.1. The standard InChI is InChI=1S/C30H52O/c1-25(2)15-9-16-28(6)22(25)14-19-30(8)24(28)11-10-23-27(5)17-12-20(26(3,4)31)21(27)13-18-29(23,30)7/h20-24,31H,9-19H2,1-8H3/t20-,21+,22+,23+,24+,27-,28-,29+,30+/m0/s1. The van der Waals surface area contributed by atoms with Crippen LogP contribution in [-0.2, 0) is 0 Å². The number of fused-ring (bicyclic) bond motifs is 7. The summed E-state index contributed by atoms with van der Waals surface area (Å²) >= 11 is 0. The summed E-state index contributed by atoms with van der Waals surface area (Å²) < 4.78 is 0. The molecule has 5 fully saturated rings. The Morgan fingerprint density at radius 1 is 0.613 bits per heavy atom. The van der Waals surface area contributed by atoms with Crippen LogP contribution < -0.4 is 0 Å². The molecule has 1 N–H and O–H groups in total. The Hall–Kier alpha value is -0.0400. The Labute approximate surface area is 193 Å². The van der Waals surface area contributed by atoms with Gasteiger partial charge in [0.2, 0.25) is 0 Å². The van der Waals surface area contributed by atoms with Crippen molar-refractivity contribution < 1.29 is 5.11 Å². The van der Waals surface area contributed by atoms with E-state index in [0.29, 0.717) is 33.0 Å². The molecule has 5 rings (SSSR count). The molecule has 1 nitrogen and oxygen atoms in total. The van der Waals surface area contributed by atoms with Gasteiger partial charge >= 0.3 is 0 Å². The first-order valence-corrected chi connectivity index (χ1v) is 13.9. The van der Waals surface area contributed by atoms with Crippen LogP contribution in [0.5, 0.6) is 0 Å². The average Bonchev–Trinajstić information content (AvgIpc) is 2.99. The second kappa shape index (κ2) is 6.55. The van der Waals surface area contributed by atoms with Crippen LogP contribution in [0.1, 0.15) is 126 Å². The molecule has 0 aromatic rings. The summed E-state index contributed by atoms with van der Waals surface area (Å²) in [4.78, 5) is 0. The van der Waals surface area contributed by atoms with Gasteiger partial charge in [-0.3, -0.25) is 0 Å². The van der Waals surface area contributed by atoms with Crippen molar-refractivity contribution in [2.24, 2.45) is 56.7 Å². The summed E-state index contributed by atoms with van der Waals surface area (Å²) in [7, 11) is 0. The number of rotatable bonds is 1. The van der Waals surface area contributed by atoms with Crippen molar-refractivity contribution in [3.8, 4) is 0 Å². The molecule has 5 saturated carbocycles. The highest BCUT2D eigenvalue weighted by molar-refractivity contribution is 5.19. The van der Waals surface area contributed by atoms with Crippen LogP contribution in [-0.4, -0.2) is 10.7 Å². The van der Waals surface area contributed by atoms with Crippen molar-refractivity contribution in [3.05, 3.63) is 0 Å². The first-order chi connectivity index (χ1) is 14.2. The predicted molar refractivity (Wildman–Crippen MR) is 131 cm³/mol. The van der Waals surface area contributed by atoms with Gasteiger partial charge in [-0.1, -0.05) is 48.0 Å². The molecule has 5 aliphatic rings. The number of aliphatic hydroxyl groups is 1. The van der Waals surface area contributed by atoms with Gasteiger partial charge in [-0.25, -0.2) is 0 Å². The van der Waals surface area contributed by atoms with Gasteiger partial charge < -0.3 is 5.11 Å². The van der Waals surface area contributed by atoms with Gasteiger partial charge in [-0.05, 0) is 135 Å². The van der Waals surface area contributed by atoms with Crippen molar-refractivity contribution in [3.63, 3.8) is 0 Å². The van der Waals surface area contributed by atoms with Crippen molar-refractivity contribution in [2.45, 2.75) is 132 Å². The van der Waals surface area contributed by atoms with Crippen LogP contribution in [0.2, 0.25) is 0 Å². The molecule has 0 spiro atoms. The summed E-state index contributed by atoms with van der Waals surface area (Å²) in [6, 6.07) is 0. The minimum atomic E-state index is -0.517. The molecule has 0 heterocycles. The SMILES string of the molecule is CC(C)(O)[C@H]1CC[C@@]2(C)[C@@H]1CC[C@]1(C)[C@@H]2CC[C@@H]2[C@@]3(C)CCCC(C)(C)[C@H]3CC[C@]21C. The molecular weight excluding hydrogens is 376 g/mol. The Kier molecular flexibility index (Phi) is 4.80. The second-order valence-corrected chi connectivity index (χ2v) is 15.4. The molecule has 0 bridgehead atoms. The molecule has 5 aliphatic carbocycles. The zero-order chi connectivity index (χ0) is 22.7. The topological polar surface area (TPSA) is 20.2 Å². The van der Waals surface area contributed by atoms with E-state index >= 15 is 0 Å². The monoisotopic (exact) mass is 428 g/mol. The van der Waals surface area contributed by atoms with Crippen LogP contribution >= 0.6 is 0 Å². The van der Waals surface area contributed by atoms with Crippen molar-refractivity contribution in [1.29, 1.82) is 0 Å². The third-order valence-electron chi connectivity index (χ3n) is 13.6. The maximum absolute atomic E-state index is 11.0. The van der Waals surface area contributed by atoms with Crippen molar-refractivity contribution >= 4 is 0 Å². The van der Waals surface area contributed by atoms with Crippen LogP contribution in [0.3, 0.4) is 0 Å².